The summed E-state index contributed by atoms with van der Waals surface area (Å²) in [6.45, 7) is 2.70. The summed E-state index contributed by atoms with van der Waals surface area (Å²) in [6.07, 6.45) is 5.25. The third-order valence-electron chi connectivity index (χ3n) is 2.59. The smallest absolute Gasteiger partial charge is 0.258 e. The largest absolute Gasteiger partial charge is 0.497 e. The maximum Gasteiger partial charge on any atom is 0.258 e. The van der Waals surface area contributed by atoms with Crippen LogP contribution < -0.4 is 9.47 Å². The Kier molecular flexibility index (Phi) is 5.06. The van der Waals surface area contributed by atoms with Gasteiger partial charge in [0.25, 0.3) is 5.91 Å². The van der Waals surface area contributed by atoms with Crippen molar-refractivity contribution in [1.82, 2.24) is 4.90 Å². The fraction of sp³-hybridized carbons (Fsp3) is 0.357. The molecule has 0 radical (unpaired) electrons. The maximum atomic E-state index is 12.3. The van der Waals surface area contributed by atoms with Gasteiger partial charge in [0.05, 0.1) is 26.3 Å². The maximum absolute atomic E-state index is 12.3. The van der Waals surface area contributed by atoms with Gasteiger partial charge in [0.1, 0.15) is 11.5 Å². The molecule has 0 spiro atoms. The molecule has 0 saturated carbocycles. The molecule has 0 heterocycles. The van der Waals surface area contributed by atoms with E-state index in [-0.39, 0.29) is 12.5 Å². The highest BCUT2D eigenvalue weighted by Crippen LogP contribution is 2.25. The Morgan fingerprint density at radius 3 is 2.61 bits per heavy atom. The van der Waals surface area contributed by atoms with Crippen LogP contribution in [0.1, 0.15) is 17.3 Å². The van der Waals surface area contributed by atoms with Crippen LogP contribution in [0.5, 0.6) is 11.5 Å². The number of ether oxygens (including phenoxy) is 2. The van der Waals surface area contributed by atoms with E-state index in [1.807, 2.05) is 6.92 Å². The summed E-state index contributed by atoms with van der Waals surface area (Å²) in [5.74, 6) is 3.43. The molecule has 0 aromatic heterocycles. The summed E-state index contributed by atoms with van der Waals surface area (Å²) < 4.78 is 10.3. The molecule has 0 saturated heterocycles. The Bertz CT molecular complexity index is 463. The lowest BCUT2D eigenvalue weighted by Gasteiger charge is -2.19. The monoisotopic (exact) mass is 247 g/mol. The number of benzene rings is 1. The van der Waals surface area contributed by atoms with E-state index in [4.69, 9.17) is 15.9 Å². The number of rotatable bonds is 5. The van der Waals surface area contributed by atoms with E-state index in [2.05, 4.69) is 5.92 Å². The van der Waals surface area contributed by atoms with Gasteiger partial charge < -0.3 is 14.4 Å². The highest BCUT2D eigenvalue weighted by molar-refractivity contribution is 5.97. The van der Waals surface area contributed by atoms with Crippen molar-refractivity contribution >= 4 is 5.91 Å². The first kappa shape index (κ1) is 13.9. The average Bonchev–Trinajstić information content (AvgIpc) is 2.43. The second-order valence-corrected chi connectivity index (χ2v) is 3.59. The van der Waals surface area contributed by atoms with Crippen molar-refractivity contribution in [3.8, 4) is 23.8 Å². The first-order valence-corrected chi connectivity index (χ1v) is 5.62. The molecule has 0 unspecified atom stereocenters. The molecule has 0 aliphatic carbocycles. The van der Waals surface area contributed by atoms with Crippen LogP contribution in [0.15, 0.2) is 18.2 Å². The molecule has 4 nitrogen and oxygen atoms in total. The van der Waals surface area contributed by atoms with Crippen LogP contribution in [-0.4, -0.2) is 38.1 Å². The van der Waals surface area contributed by atoms with Crippen LogP contribution in [0.4, 0.5) is 0 Å². The van der Waals surface area contributed by atoms with Crippen LogP contribution in [0.25, 0.3) is 0 Å². The molecule has 0 aliphatic heterocycles. The van der Waals surface area contributed by atoms with Gasteiger partial charge in [-0.1, -0.05) is 5.92 Å². The number of methoxy groups -OCH3 is 2. The molecule has 0 bridgehead atoms. The van der Waals surface area contributed by atoms with E-state index in [0.717, 1.165) is 0 Å². The van der Waals surface area contributed by atoms with Crippen LogP contribution in [-0.2, 0) is 0 Å². The molecule has 96 valence electrons. The minimum atomic E-state index is -0.161. The summed E-state index contributed by atoms with van der Waals surface area (Å²) in [6, 6.07) is 5.10. The summed E-state index contributed by atoms with van der Waals surface area (Å²) in [5, 5.41) is 0. The molecule has 0 fully saturated rings. The van der Waals surface area contributed by atoms with Crippen LogP contribution >= 0.6 is 0 Å². The molecular formula is C14H17NO3. The molecular weight excluding hydrogens is 230 g/mol. The van der Waals surface area contributed by atoms with Crippen molar-refractivity contribution in [2.75, 3.05) is 27.3 Å². The van der Waals surface area contributed by atoms with Gasteiger partial charge in [-0.3, -0.25) is 4.79 Å². The zero-order chi connectivity index (χ0) is 13.5. The Labute approximate surface area is 107 Å². The van der Waals surface area contributed by atoms with Crippen molar-refractivity contribution in [3.63, 3.8) is 0 Å². The van der Waals surface area contributed by atoms with Crippen LogP contribution in [0.2, 0.25) is 0 Å². The zero-order valence-electron chi connectivity index (χ0n) is 10.9. The second-order valence-electron chi connectivity index (χ2n) is 3.59. The van der Waals surface area contributed by atoms with E-state index < -0.39 is 0 Å². The van der Waals surface area contributed by atoms with Crippen LogP contribution in [0.3, 0.4) is 0 Å². The number of carbonyl (C=O) groups is 1. The standard InChI is InChI=1S/C14H17NO3/c1-5-9-15(6-2)14(16)12-10-11(17-3)7-8-13(12)18-4/h1,7-8,10H,6,9H2,2-4H3. The van der Waals surface area contributed by atoms with Crippen molar-refractivity contribution < 1.29 is 14.3 Å². The molecule has 1 amide bonds. The van der Waals surface area contributed by atoms with Gasteiger partial charge in [0, 0.05) is 6.54 Å². The number of hydrogen-bond donors (Lipinski definition) is 0. The Morgan fingerprint density at radius 2 is 2.11 bits per heavy atom. The van der Waals surface area contributed by atoms with Crippen molar-refractivity contribution in [1.29, 1.82) is 0 Å². The fourth-order valence-corrected chi connectivity index (χ4v) is 1.59. The van der Waals surface area contributed by atoms with Gasteiger partial charge in [-0.25, -0.2) is 0 Å². The second kappa shape index (κ2) is 6.55. The third-order valence-corrected chi connectivity index (χ3v) is 2.59. The number of terminal acetylenes is 1. The fourth-order valence-electron chi connectivity index (χ4n) is 1.59. The van der Waals surface area contributed by atoms with Crippen LogP contribution in [0, 0.1) is 12.3 Å². The van der Waals surface area contributed by atoms with Gasteiger partial charge in [-0.05, 0) is 25.1 Å². The van der Waals surface area contributed by atoms with Crippen molar-refractivity contribution in [3.05, 3.63) is 23.8 Å². The van der Waals surface area contributed by atoms with Crippen molar-refractivity contribution in [2.24, 2.45) is 0 Å². The lowest BCUT2D eigenvalue weighted by atomic mass is 10.1. The highest BCUT2D eigenvalue weighted by Gasteiger charge is 2.18. The lowest BCUT2D eigenvalue weighted by Crippen LogP contribution is -2.31. The Balaban J connectivity index is 3.13. The normalized spacial score (nSPS) is 9.44. The van der Waals surface area contributed by atoms with Crippen molar-refractivity contribution in [2.45, 2.75) is 6.92 Å². The predicted octanol–water partition coefficient (Wildman–Crippen LogP) is 1.80. The SMILES string of the molecule is C#CCN(CC)C(=O)c1cc(OC)ccc1OC. The summed E-state index contributed by atoms with van der Waals surface area (Å²) in [4.78, 5) is 13.9. The topological polar surface area (TPSA) is 38.8 Å². The summed E-state index contributed by atoms with van der Waals surface area (Å²) in [5.41, 5.74) is 0.453. The molecule has 0 N–H and O–H groups in total. The lowest BCUT2D eigenvalue weighted by molar-refractivity contribution is 0.0781. The van der Waals surface area contributed by atoms with E-state index in [0.29, 0.717) is 23.6 Å². The number of amides is 1. The molecule has 4 heteroatoms. The van der Waals surface area contributed by atoms with Gasteiger partial charge in [0.2, 0.25) is 0 Å². The average molecular weight is 247 g/mol. The molecule has 0 aliphatic rings. The molecule has 0 atom stereocenters. The van der Waals surface area contributed by atoms with Gasteiger partial charge in [0.15, 0.2) is 0 Å². The molecule has 18 heavy (non-hydrogen) atoms. The minimum Gasteiger partial charge on any atom is -0.497 e. The van der Waals surface area contributed by atoms with E-state index in [9.17, 15) is 4.79 Å². The molecule has 1 aromatic carbocycles. The first-order chi connectivity index (χ1) is 8.67. The van der Waals surface area contributed by atoms with Gasteiger partial charge in [-0.2, -0.15) is 0 Å². The van der Waals surface area contributed by atoms with Gasteiger partial charge in [-0.15, -0.1) is 6.42 Å². The minimum absolute atomic E-state index is 0.161. The third kappa shape index (κ3) is 2.95. The van der Waals surface area contributed by atoms with E-state index in [1.54, 1.807) is 30.2 Å². The van der Waals surface area contributed by atoms with E-state index >= 15 is 0 Å². The Hall–Kier alpha value is -2.15. The quantitative estimate of drug-likeness (QED) is 0.745. The van der Waals surface area contributed by atoms with E-state index in [1.165, 1.54) is 7.11 Å². The van der Waals surface area contributed by atoms with Gasteiger partial charge >= 0.3 is 0 Å². The highest BCUT2D eigenvalue weighted by atomic mass is 16.5. The number of carbonyl (C=O) groups excluding carboxylic acids is 1. The molecule has 1 aromatic rings. The molecule has 1 rings (SSSR count). The zero-order valence-corrected chi connectivity index (χ0v) is 10.9. The first-order valence-electron chi connectivity index (χ1n) is 5.62. The summed E-state index contributed by atoms with van der Waals surface area (Å²) in [7, 11) is 3.07. The summed E-state index contributed by atoms with van der Waals surface area (Å²) >= 11 is 0. The number of hydrogen-bond acceptors (Lipinski definition) is 3. The Morgan fingerprint density at radius 1 is 1.39 bits per heavy atom. The predicted molar refractivity (Wildman–Crippen MR) is 70.0 cm³/mol. The number of nitrogens with zero attached hydrogens (tertiary/aromatic N) is 1.